The van der Waals surface area contributed by atoms with Gasteiger partial charge in [0.1, 0.15) is 0 Å². The Labute approximate surface area is 154 Å². The van der Waals surface area contributed by atoms with Gasteiger partial charge in [0.2, 0.25) is 21.7 Å². The van der Waals surface area contributed by atoms with Gasteiger partial charge in [-0.15, -0.1) is 0 Å². The molecule has 3 aromatic rings. The van der Waals surface area contributed by atoms with E-state index < -0.39 is 10.0 Å². The maximum Gasteiger partial charge on any atom is 0.242 e. The van der Waals surface area contributed by atoms with Gasteiger partial charge in [-0.05, 0) is 48.9 Å². The Hall–Kier alpha value is -1.93. The molecule has 0 bridgehead atoms. The van der Waals surface area contributed by atoms with Crippen LogP contribution in [0.5, 0.6) is 0 Å². The number of nitrogens with one attached hydrogen (secondary N) is 1. The Morgan fingerprint density at radius 3 is 2.48 bits per heavy atom. The van der Waals surface area contributed by atoms with E-state index >= 15 is 0 Å². The molecule has 1 N–H and O–H groups in total. The van der Waals surface area contributed by atoms with E-state index in [9.17, 15) is 8.42 Å². The number of halogens is 2. The quantitative estimate of drug-likeness (QED) is 0.706. The van der Waals surface area contributed by atoms with E-state index in [0.29, 0.717) is 27.0 Å². The molecule has 0 amide bonds. The van der Waals surface area contributed by atoms with Gasteiger partial charge in [0.25, 0.3) is 0 Å². The van der Waals surface area contributed by atoms with Crippen LogP contribution in [0.3, 0.4) is 0 Å². The lowest BCUT2D eigenvalue weighted by molar-refractivity contribution is 0.376. The van der Waals surface area contributed by atoms with Crippen LogP contribution in [0.15, 0.2) is 51.9 Å². The van der Waals surface area contributed by atoms with Gasteiger partial charge < -0.3 is 4.52 Å². The number of benzene rings is 2. The highest BCUT2D eigenvalue weighted by Gasteiger charge is 2.19. The van der Waals surface area contributed by atoms with E-state index in [2.05, 4.69) is 14.9 Å². The topological polar surface area (TPSA) is 85.1 Å². The van der Waals surface area contributed by atoms with Gasteiger partial charge in [-0.3, -0.25) is 0 Å². The lowest BCUT2D eigenvalue weighted by Crippen LogP contribution is -2.24. The summed E-state index contributed by atoms with van der Waals surface area (Å²) in [6.45, 7) is 1.56. The molecule has 0 saturated carbocycles. The third-order valence-electron chi connectivity index (χ3n) is 3.42. The monoisotopic (exact) mass is 397 g/mol. The van der Waals surface area contributed by atoms with Crippen molar-refractivity contribution >= 4 is 33.2 Å². The number of aryl methyl sites for hydroxylation is 1. The van der Waals surface area contributed by atoms with E-state index in [4.69, 9.17) is 27.7 Å². The van der Waals surface area contributed by atoms with Gasteiger partial charge in [-0.2, -0.15) is 4.98 Å². The molecule has 0 radical (unpaired) electrons. The first-order valence-electron chi connectivity index (χ1n) is 7.19. The van der Waals surface area contributed by atoms with Gasteiger partial charge >= 0.3 is 0 Å². The van der Waals surface area contributed by atoms with E-state index in [1.54, 1.807) is 43.3 Å². The first kappa shape index (κ1) is 17.9. The highest BCUT2D eigenvalue weighted by atomic mass is 35.5. The van der Waals surface area contributed by atoms with E-state index in [-0.39, 0.29) is 17.3 Å². The fourth-order valence-electron chi connectivity index (χ4n) is 2.14. The molecule has 6 nitrogen and oxygen atoms in total. The molecule has 1 aromatic heterocycles. The first-order chi connectivity index (χ1) is 11.8. The van der Waals surface area contributed by atoms with E-state index in [1.165, 1.54) is 6.07 Å². The molecule has 1 heterocycles. The smallest absolute Gasteiger partial charge is 0.242 e. The van der Waals surface area contributed by atoms with Crippen LogP contribution < -0.4 is 4.72 Å². The molecule has 25 heavy (non-hydrogen) atoms. The molecular formula is C16H13Cl2N3O3S. The number of rotatable bonds is 5. The van der Waals surface area contributed by atoms with Crippen molar-refractivity contribution in [2.75, 3.05) is 0 Å². The third-order valence-corrected chi connectivity index (χ3v) is 5.45. The van der Waals surface area contributed by atoms with Crippen molar-refractivity contribution in [3.8, 4) is 11.4 Å². The number of hydrogen-bond donors (Lipinski definition) is 1. The largest absolute Gasteiger partial charge is 0.338 e. The Bertz CT molecular complexity index is 1000. The van der Waals surface area contributed by atoms with Crippen LogP contribution in [-0.2, 0) is 16.6 Å². The van der Waals surface area contributed by atoms with Crippen molar-refractivity contribution in [1.29, 1.82) is 0 Å². The predicted molar refractivity (Wildman–Crippen MR) is 95.0 cm³/mol. The summed E-state index contributed by atoms with van der Waals surface area (Å²) in [5.41, 5.74) is 1.30. The Morgan fingerprint density at radius 1 is 1.08 bits per heavy atom. The minimum absolute atomic E-state index is 0.109. The van der Waals surface area contributed by atoms with Crippen LogP contribution in [0.1, 0.15) is 11.5 Å². The molecule has 0 fully saturated rings. The van der Waals surface area contributed by atoms with Crippen LogP contribution in [0.4, 0.5) is 0 Å². The molecule has 0 aliphatic rings. The lowest BCUT2D eigenvalue weighted by atomic mass is 10.2. The maximum absolute atomic E-state index is 12.4. The second-order valence-electron chi connectivity index (χ2n) is 5.25. The molecular weight excluding hydrogens is 385 g/mol. The summed E-state index contributed by atoms with van der Waals surface area (Å²) in [4.78, 5) is 4.28. The zero-order valence-electron chi connectivity index (χ0n) is 13.0. The van der Waals surface area contributed by atoms with Gasteiger partial charge in [0, 0.05) is 15.6 Å². The normalized spacial score (nSPS) is 11.6. The van der Waals surface area contributed by atoms with Gasteiger partial charge in [-0.1, -0.05) is 34.4 Å². The second kappa shape index (κ2) is 7.13. The van der Waals surface area contributed by atoms with Gasteiger partial charge in [0.15, 0.2) is 0 Å². The number of sulfonamides is 1. The summed E-state index contributed by atoms with van der Waals surface area (Å²) in [7, 11) is -3.75. The average molecular weight is 398 g/mol. The van der Waals surface area contributed by atoms with Crippen molar-refractivity contribution in [2.24, 2.45) is 0 Å². The Kier molecular flexibility index (Phi) is 5.10. The van der Waals surface area contributed by atoms with E-state index in [1.807, 2.05) is 0 Å². The van der Waals surface area contributed by atoms with E-state index in [0.717, 1.165) is 0 Å². The summed E-state index contributed by atoms with van der Waals surface area (Å²) in [6, 6.07) is 11.6. The predicted octanol–water partition coefficient (Wildman–Crippen LogP) is 3.83. The summed E-state index contributed by atoms with van der Waals surface area (Å²) < 4.78 is 32.4. The third kappa shape index (κ3) is 4.19. The molecule has 0 saturated heterocycles. The lowest BCUT2D eigenvalue weighted by Gasteiger charge is -2.08. The Balaban J connectivity index is 1.75. The molecule has 130 valence electrons. The SMILES string of the molecule is Cc1ccc(Cl)cc1S(=O)(=O)NCc1nc(-c2ccc(Cl)cc2)no1. The summed E-state index contributed by atoms with van der Waals surface area (Å²) in [5, 5.41) is 4.77. The highest BCUT2D eigenvalue weighted by Crippen LogP contribution is 2.21. The highest BCUT2D eigenvalue weighted by molar-refractivity contribution is 7.89. The number of nitrogens with zero attached hydrogens (tertiary/aromatic N) is 2. The zero-order chi connectivity index (χ0) is 18.0. The fourth-order valence-corrected chi connectivity index (χ4v) is 3.75. The summed E-state index contributed by atoms with van der Waals surface area (Å²) in [6.07, 6.45) is 0. The molecule has 0 aliphatic carbocycles. The molecule has 0 aliphatic heterocycles. The minimum atomic E-state index is -3.75. The second-order valence-corrected chi connectivity index (χ2v) is 7.86. The molecule has 2 aromatic carbocycles. The molecule has 0 spiro atoms. The van der Waals surface area contributed by atoms with Crippen molar-refractivity contribution < 1.29 is 12.9 Å². The molecule has 3 rings (SSSR count). The molecule has 0 atom stereocenters. The minimum Gasteiger partial charge on any atom is -0.338 e. The van der Waals surface area contributed by atoms with Crippen LogP contribution in [0, 0.1) is 6.92 Å². The van der Waals surface area contributed by atoms with Crippen molar-refractivity contribution in [2.45, 2.75) is 18.4 Å². The average Bonchev–Trinajstić information content (AvgIpc) is 3.05. The summed E-state index contributed by atoms with van der Waals surface area (Å²) >= 11 is 11.7. The number of hydrogen-bond acceptors (Lipinski definition) is 5. The zero-order valence-corrected chi connectivity index (χ0v) is 15.4. The van der Waals surface area contributed by atoms with Gasteiger partial charge in [-0.25, -0.2) is 13.1 Å². The van der Waals surface area contributed by atoms with Crippen molar-refractivity contribution in [3.63, 3.8) is 0 Å². The maximum atomic E-state index is 12.4. The van der Waals surface area contributed by atoms with Crippen molar-refractivity contribution in [1.82, 2.24) is 14.9 Å². The van der Waals surface area contributed by atoms with Gasteiger partial charge in [0.05, 0.1) is 11.4 Å². The summed E-state index contributed by atoms with van der Waals surface area (Å²) in [5.74, 6) is 0.498. The molecule has 9 heteroatoms. The van der Waals surface area contributed by atoms with Crippen LogP contribution in [0.25, 0.3) is 11.4 Å². The van der Waals surface area contributed by atoms with Crippen LogP contribution >= 0.6 is 23.2 Å². The first-order valence-corrected chi connectivity index (χ1v) is 9.43. The van der Waals surface area contributed by atoms with Crippen LogP contribution in [0.2, 0.25) is 10.0 Å². The van der Waals surface area contributed by atoms with Crippen molar-refractivity contribution in [3.05, 3.63) is 64.0 Å². The number of aromatic nitrogens is 2. The Morgan fingerprint density at radius 2 is 1.76 bits per heavy atom. The van der Waals surface area contributed by atoms with Crippen LogP contribution in [-0.4, -0.2) is 18.6 Å². The molecule has 0 unspecified atom stereocenters. The fraction of sp³-hybridized carbons (Fsp3) is 0.125. The standard InChI is InChI=1S/C16H13Cl2N3O3S/c1-10-2-5-13(18)8-14(10)25(22,23)19-9-15-20-16(21-24-15)11-3-6-12(17)7-4-11/h2-8,19H,9H2,1H3.